The SMILES string of the molecule is O=c1ccc2cnc(Nc3ccc(N4CCCCC4)cc3)nc2n1C1CCOCC1. The Balaban J connectivity index is 1.41. The molecule has 0 unspecified atom stereocenters. The third-order valence-electron chi connectivity index (χ3n) is 6.07. The summed E-state index contributed by atoms with van der Waals surface area (Å²) in [6.45, 7) is 3.61. The van der Waals surface area contributed by atoms with Gasteiger partial charge in [0.1, 0.15) is 5.65 Å². The first-order valence-corrected chi connectivity index (χ1v) is 10.9. The highest BCUT2D eigenvalue weighted by Gasteiger charge is 2.20. The number of piperidine rings is 1. The standard InChI is InChI=1S/C23H27N5O2/c29-21-9-4-17-16-24-23(26-22(17)28(21)20-10-14-30-15-11-20)25-18-5-7-19(8-6-18)27-12-2-1-3-13-27/h4-9,16,20H,1-3,10-15H2,(H,24,25,26). The summed E-state index contributed by atoms with van der Waals surface area (Å²) in [5, 5.41) is 4.16. The first kappa shape index (κ1) is 19.1. The molecular weight excluding hydrogens is 378 g/mol. The summed E-state index contributed by atoms with van der Waals surface area (Å²) < 4.78 is 7.28. The van der Waals surface area contributed by atoms with Crippen LogP contribution < -0.4 is 15.8 Å². The van der Waals surface area contributed by atoms with Crippen LogP contribution in [0.2, 0.25) is 0 Å². The summed E-state index contributed by atoms with van der Waals surface area (Å²) in [5.74, 6) is 0.500. The van der Waals surface area contributed by atoms with Gasteiger partial charge in [0.2, 0.25) is 5.95 Å². The van der Waals surface area contributed by atoms with E-state index in [0.29, 0.717) is 24.8 Å². The smallest absolute Gasteiger partial charge is 0.252 e. The van der Waals surface area contributed by atoms with Gasteiger partial charge in [0, 0.05) is 61.4 Å². The number of aromatic nitrogens is 3. The number of hydrogen-bond donors (Lipinski definition) is 1. The van der Waals surface area contributed by atoms with Crippen molar-refractivity contribution in [3.8, 4) is 0 Å². The van der Waals surface area contributed by atoms with Gasteiger partial charge in [-0.3, -0.25) is 9.36 Å². The predicted molar refractivity (Wildman–Crippen MR) is 119 cm³/mol. The van der Waals surface area contributed by atoms with Crippen LogP contribution in [0.5, 0.6) is 0 Å². The van der Waals surface area contributed by atoms with Crippen LogP contribution >= 0.6 is 0 Å². The van der Waals surface area contributed by atoms with E-state index in [0.717, 1.165) is 37.0 Å². The number of hydrogen-bond acceptors (Lipinski definition) is 6. The van der Waals surface area contributed by atoms with Crippen molar-refractivity contribution in [2.45, 2.75) is 38.1 Å². The van der Waals surface area contributed by atoms with E-state index in [9.17, 15) is 4.79 Å². The van der Waals surface area contributed by atoms with Crippen LogP contribution in [-0.2, 0) is 4.74 Å². The van der Waals surface area contributed by atoms with E-state index in [1.54, 1.807) is 18.3 Å². The molecule has 0 radical (unpaired) electrons. The van der Waals surface area contributed by atoms with Crippen LogP contribution in [0, 0.1) is 0 Å². The maximum atomic E-state index is 12.6. The van der Waals surface area contributed by atoms with E-state index in [2.05, 4.69) is 39.5 Å². The number of nitrogens with one attached hydrogen (secondary N) is 1. The molecule has 5 rings (SSSR count). The Morgan fingerprint density at radius 1 is 0.967 bits per heavy atom. The average Bonchev–Trinajstić information content (AvgIpc) is 2.80. The number of rotatable bonds is 4. The molecule has 4 heterocycles. The molecule has 30 heavy (non-hydrogen) atoms. The number of anilines is 3. The molecule has 0 bridgehead atoms. The molecule has 2 saturated heterocycles. The minimum Gasteiger partial charge on any atom is -0.381 e. The largest absolute Gasteiger partial charge is 0.381 e. The van der Waals surface area contributed by atoms with Gasteiger partial charge in [0.05, 0.1) is 0 Å². The highest BCUT2D eigenvalue weighted by Crippen LogP contribution is 2.25. The molecule has 7 nitrogen and oxygen atoms in total. The molecule has 1 N–H and O–H groups in total. The molecule has 156 valence electrons. The Morgan fingerprint density at radius 2 is 1.73 bits per heavy atom. The monoisotopic (exact) mass is 405 g/mol. The molecular formula is C23H27N5O2. The predicted octanol–water partition coefficient (Wildman–Crippen LogP) is 3.88. The number of ether oxygens (including phenoxy) is 1. The van der Waals surface area contributed by atoms with Gasteiger partial charge in [0.25, 0.3) is 5.56 Å². The topological polar surface area (TPSA) is 72.3 Å². The molecule has 0 atom stereocenters. The van der Waals surface area contributed by atoms with Crippen LogP contribution in [0.4, 0.5) is 17.3 Å². The quantitative estimate of drug-likeness (QED) is 0.710. The highest BCUT2D eigenvalue weighted by molar-refractivity contribution is 5.76. The minimum absolute atomic E-state index is 0.0232. The molecule has 2 aliphatic rings. The third kappa shape index (κ3) is 3.89. The van der Waals surface area contributed by atoms with Crippen molar-refractivity contribution in [2.75, 3.05) is 36.5 Å². The lowest BCUT2D eigenvalue weighted by Crippen LogP contribution is -2.29. The van der Waals surface area contributed by atoms with Gasteiger partial charge in [-0.1, -0.05) is 0 Å². The van der Waals surface area contributed by atoms with Crippen molar-refractivity contribution < 1.29 is 4.74 Å². The van der Waals surface area contributed by atoms with E-state index in [1.807, 2.05) is 4.57 Å². The van der Waals surface area contributed by atoms with Gasteiger partial charge < -0.3 is 15.0 Å². The van der Waals surface area contributed by atoms with Gasteiger partial charge in [-0.15, -0.1) is 0 Å². The molecule has 1 aromatic carbocycles. The maximum absolute atomic E-state index is 12.6. The van der Waals surface area contributed by atoms with Crippen molar-refractivity contribution in [3.05, 3.63) is 52.9 Å². The number of fused-ring (bicyclic) bond motifs is 1. The summed E-state index contributed by atoms with van der Waals surface area (Å²) in [4.78, 5) is 24.2. The zero-order valence-corrected chi connectivity index (χ0v) is 17.1. The van der Waals surface area contributed by atoms with E-state index in [4.69, 9.17) is 9.72 Å². The van der Waals surface area contributed by atoms with Gasteiger partial charge in [-0.25, -0.2) is 4.98 Å². The zero-order chi connectivity index (χ0) is 20.3. The molecule has 0 aliphatic carbocycles. The maximum Gasteiger partial charge on any atom is 0.252 e. The fraction of sp³-hybridized carbons (Fsp3) is 0.435. The summed E-state index contributed by atoms with van der Waals surface area (Å²) in [5.41, 5.74) is 2.85. The Labute approximate surface area is 175 Å². The van der Waals surface area contributed by atoms with Gasteiger partial charge in [-0.2, -0.15) is 4.98 Å². The summed E-state index contributed by atoms with van der Waals surface area (Å²) in [6, 6.07) is 11.9. The number of pyridine rings is 1. The highest BCUT2D eigenvalue weighted by atomic mass is 16.5. The number of benzene rings is 1. The molecule has 2 fully saturated rings. The Bertz CT molecular complexity index is 1070. The van der Waals surface area contributed by atoms with Gasteiger partial charge in [0.15, 0.2) is 0 Å². The summed E-state index contributed by atoms with van der Waals surface area (Å²) >= 11 is 0. The van der Waals surface area contributed by atoms with Crippen LogP contribution in [0.15, 0.2) is 47.4 Å². The van der Waals surface area contributed by atoms with Gasteiger partial charge in [-0.05, 0) is 62.4 Å². The van der Waals surface area contributed by atoms with E-state index in [1.165, 1.54) is 24.9 Å². The second kappa shape index (κ2) is 8.44. The fourth-order valence-electron chi connectivity index (χ4n) is 4.43. The Kier molecular flexibility index (Phi) is 5.36. The van der Waals surface area contributed by atoms with Crippen LogP contribution in [-0.4, -0.2) is 40.8 Å². The third-order valence-corrected chi connectivity index (χ3v) is 6.07. The normalized spacial score (nSPS) is 17.9. The fourth-order valence-corrected chi connectivity index (χ4v) is 4.43. The molecule has 7 heteroatoms. The van der Waals surface area contributed by atoms with Crippen molar-refractivity contribution in [3.63, 3.8) is 0 Å². The van der Waals surface area contributed by atoms with Crippen molar-refractivity contribution in [2.24, 2.45) is 0 Å². The van der Waals surface area contributed by atoms with E-state index < -0.39 is 0 Å². The summed E-state index contributed by atoms with van der Waals surface area (Å²) in [7, 11) is 0. The molecule has 2 aromatic heterocycles. The van der Waals surface area contributed by atoms with Crippen LogP contribution in [0.25, 0.3) is 11.0 Å². The lowest BCUT2D eigenvalue weighted by Gasteiger charge is -2.28. The molecule has 2 aliphatic heterocycles. The lowest BCUT2D eigenvalue weighted by molar-refractivity contribution is 0.0697. The first-order valence-electron chi connectivity index (χ1n) is 10.9. The Hall–Kier alpha value is -2.93. The van der Waals surface area contributed by atoms with Crippen molar-refractivity contribution in [1.29, 1.82) is 0 Å². The minimum atomic E-state index is -0.0232. The van der Waals surface area contributed by atoms with Crippen LogP contribution in [0.3, 0.4) is 0 Å². The van der Waals surface area contributed by atoms with Crippen molar-refractivity contribution >= 4 is 28.4 Å². The zero-order valence-electron chi connectivity index (χ0n) is 17.1. The average molecular weight is 406 g/mol. The number of nitrogens with zero attached hydrogens (tertiary/aromatic N) is 4. The van der Waals surface area contributed by atoms with Crippen LogP contribution in [0.1, 0.15) is 38.1 Å². The molecule has 0 saturated carbocycles. The van der Waals surface area contributed by atoms with Gasteiger partial charge >= 0.3 is 0 Å². The Morgan fingerprint density at radius 3 is 2.50 bits per heavy atom. The molecule has 3 aromatic rings. The van der Waals surface area contributed by atoms with E-state index in [-0.39, 0.29) is 11.6 Å². The second-order valence-corrected chi connectivity index (χ2v) is 8.08. The molecule has 0 spiro atoms. The van der Waals surface area contributed by atoms with E-state index >= 15 is 0 Å². The first-order chi connectivity index (χ1) is 14.8. The lowest BCUT2D eigenvalue weighted by atomic mass is 10.1. The van der Waals surface area contributed by atoms with Crippen molar-refractivity contribution in [1.82, 2.24) is 14.5 Å². The summed E-state index contributed by atoms with van der Waals surface area (Å²) in [6.07, 6.45) is 7.28. The molecule has 0 amide bonds. The second-order valence-electron chi connectivity index (χ2n) is 8.08.